The molecule has 1 aromatic rings. The fourth-order valence-corrected chi connectivity index (χ4v) is 1.15. The van der Waals surface area contributed by atoms with Crippen molar-refractivity contribution in [1.82, 2.24) is 9.55 Å². The van der Waals surface area contributed by atoms with E-state index in [1.54, 1.807) is 0 Å². The molecule has 0 radical (unpaired) electrons. The molecule has 6 heteroatoms. The molecule has 2 N–H and O–H groups in total. The number of nitrogens with two attached hydrogens (primary N) is 1. The highest BCUT2D eigenvalue weighted by Crippen LogP contribution is 2.20. The normalized spacial score (nSPS) is 12.0. The molecular weight excluding hydrogens is 195 g/mol. The molecule has 80 valence electrons. The maximum Gasteiger partial charge on any atom is 0.390 e. The van der Waals surface area contributed by atoms with Gasteiger partial charge in [0.2, 0.25) is 0 Å². The molecule has 1 heterocycles. The monoisotopic (exact) mass is 207 g/mol. The molecule has 0 aliphatic rings. The minimum atomic E-state index is -4.12. The van der Waals surface area contributed by atoms with E-state index in [9.17, 15) is 13.2 Å². The van der Waals surface area contributed by atoms with E-state index in [2.05, 4.69) is 4.98 Å². The molecule has 0 saturated heterocycles. The first kappa shape index (κ1) is 11.0. The zero-order valence-electron chi connectivity index (χ0n) is 7.59. The first-order valence-electron chi connectivity index (χ1n) is 4.30. The summed E-state index contributed by atoms with van der Waals surface area (Å²) in [5.41, 5.74) is 5.30. The van der Waals surface area contributed by atoms with Crippen molar-refractivity contribution in [1.29, 1.82) is 0 Å². The molecule has 3 nitrogen and oxygen atoms in total. The molecule has 14 heavy (non-hydrogen) atoms. The van der Waals surface area contributed by atoms with Crippen LogP contribution in [0, 0.1) is 0 Å². The number of aromatic nitrogens is 2. The van der Waals surface area contributed by atoms with Crippen LogP contribution in [0.1, 0.15) is 12.2 Å². The van der Waals surface area contributed by atoms with Crippen molar-refractivity contribution in [3.8, 4) is 0 Å². The molecule has 0 bridgehead atoms. The molecule has 0 fully saturated rings. The molecule has 1 aromatic heterocycles. The summed E-state index contributed by atoms with van der Waals surface area (Å²) in [6.45, 7) is 0.307. The third-order valence-electron chi connectivity index (χ3n) is 1.81. The van der Waals surface area contributed by atoms with Crippen LogP contribution in [0.4, 0.5) is 13.2 Å². The molecule has 0 unspecified atom stereocenters. The summed E-state index contributed by atoms with van der Waals surface area (Å²) in [6.07, 6.45) is -1.42. The molecule has 0 aliphatic heterocycles. The van der Waals surface area contributed by atoms with Crippen molar-refractivity contribution in [2.75, 3.05) is 6.54 Å². The second-order valence-corrected chi connectivity index (χ2v) is 2.94. The Balaban J connectivity index is 2.53. The van der Waals surface area contributed by atoms with E-state index in [4.69, 9.17) is 5.73 Å². The number of imidazole rings is 1. The van der Waals surface area contributed by atoms with Crippen molar-refractivity contribution >= 4 is 0 Å². The fourth-order valence-electron chi connectivity index (χ4n) is 1.15. The predicted octanol–water partition coefficient (Wildman–Crippen LogP) is 1.34. The van der Waals surface area contributed by atoms with Crippen LogP contribution < -0.4 is 5.73 Å². The van der Waals surface area contributed by atoms with Crippen molar-refractivity contribution in [2.45, 2.75) is 25.6 Å². The van der Waals surface area contributed by atoms with Gasteiger partial charge in [-0.25, -0.2) is 4.98 Å². The topological polar surface area (TPSA) is 43.8 Å². The SMILES string of the molecule is NCCc1nccn1CCC(F)(F)F. The smallest absolute Gasteiger partial charge is 0.335 e. The lowest BCUT2D eigenvalue weighted by atomic mass is 10.3. The average Bonchev–Trinajstić information content (AvgIpc) is 2.48. The molecule has 0 saturated carbocycles. The van der Waals surface area contributed by atoms with Gasteiger partial charge in [0.1, 0.15) is 5.82 Å². The van der Waals surface area contributed by atoms with Crippen LogP contribution in [-0.2, 0) is 13.0 Å². The van der Waals surface area contributed by atoms with Crippen molar-refractivity contribution in [2.24, 2.45) is 5.73 Å². The Hall–Kier alpha value is -1.04. The van der Waals surface area contributed by atoms with Gasteiger partial charge in [0.25, 0.3) is 0 Å². The van der Waals surface area contributed by atoms with Gasteiger partial charge in [-0.3, -0.25) is 0 Å². The van der Waals surface area contributed by atoms with Gasteiger partial charge in [0.05, 0.1) is 6.42 Å². The molecule has 0 aromatic carbocycles. The summed E-state index contributed by atoms with van der Waals surface area (Å²) in [5, 5.41) is 0. The lowest BCUT2D eigenvalue weighted by Gasteiger charge is -2.09. The minimum absolute atomic E-state index is 0.0845. The number of halogens is 3. The third-order valence-corrected chi connectivity index (χ3v) is 1.81. The highest BCUT2D eigenvalue weighted by Gasteiger charge is 2.26. The zero-order chi connectivity index (χ0) is 10.6. The van der Waals surface area contributed by atoms with E-state index in [1.165, 1.54) is 17.0 Å². The van der Waals surface area contributed by atoms with E-state index in [0.29, 0.717) is 18.8 Å². The minimum Gasteiger partial charge on any atom is -0.335 e. The third kappa shape index (κ3) is 3.37. The maximum absolute atomic E-state index is 11.9. The molecule has 0 atom stereocenters. The highest BCUT2D eigenvalue weighted by molar-refractivity contribution is 4.92. The highest BCUT2D eigenvalue weighted by atomic mass is 19.4. The first-order chi connectivity index (χ1) is 6.53. The first-order valence-corrected chi connectivity index (χ1v) is 4.30. The van der Waals surface area contributed by atoms with Crippen LogP contribution in [0.3, 0.4) is 0 Å². The van der Waals surface area contributed by atoms with Crippen LogP contribution in [-0.4, -0.2) is 22.3 Å². The lowest BCUT2D eigenvalue weighted by Crippen LogP contribution is -2.15. The van der Waals surface area contributed by atoms with Gasteiger partial charge >= 0.3 is 6.18 Å². The average molecular weight is 207 g/mol. The van der Waals surface area contributed by atoms with Crippen molar-refractivity contribution in [3.05, 3.63) is 18.2 Å². The summed E-state index contributed by atoms with van der Waals surface area (Å²) < 4.78 is 37.2. The summed E-state index contributed by atoms with van der Waals surface area (Å²) in [4.78, 5) is 3.92. The summed E-state index contributed by atoms with van der Waals surface area (Å²) in [6, 6.07) is 0. The van der Waals surface area contributed by atoms with Gasteiger partial charge in [-0.2, -0.15) is 13.2 Å². The largest absolute Gasteiger partial charge is 0.390 e. The van der Waals surface area contributed by atoms with Crippen molar-refractivity contribution < 1.29 is 13.2 Å². The lowest BCUT2D eigenvalue weighted by molar-refractivity contribution is -0.136. The molecule has 0 spiro atoms. The Morgan fingerprint density at radius 3 is 2.71 bits per heavy atom. The molecule has 0 aliphatic carbocycles. The Morgan fingerprint density at radius 2 is 2.14 bits per heavy atom. The van der Waals surface area contributed by atoms with Gasteiger partial charge in [0, 0.05) is 25.4 Å². The quantitative estimate of drug-likeness (QED) is 0.809. The van der Waals surface area contributed by atoms with Crippen LogP contribution in [0.5, 0.6) is 0 Å². The van der Waals surface area contributed by atoms with Crippen molar-refractivity contribution in [3.63, 3.8) is 0 Å². The van der Waals surface area contributed by atoms with Crippen LogP contribution in [0.25, 0.3) is 0 Å². The second-order valence-electron chi connectivity index (χ2n) is 2.94. The molecular formula is C8H12F3N3. The van der Waals surface area contributed by atoms with Crippen LogP contribution >= 0.6 is 0 Å². The maximum atomic E-state index is 11.9. The van der Waals surface area contributed by atoms with Gasteiger partial charge in [-0.1, -0.05) is 0 Å². The molecule has 0 amide bonds. The van der Waals surface area contributed by atoms with Gasteiger partial charge in [0.15, 0.2) is 0 Å². The van der Waals surface area contributed by atoms with E-state index in [0.717, 1.165) is 0 Å². The number of nitrogens with zero attached hydrogens (tertiary/aromatic N) is 2. The Bertz CT molecular complexity index is 280. The van der Waals surface area contributed by atoms with E-state index >= 15 is 0 Å². The Labute approximate surface area is 79.7 Å². The second kappa shape index (κ2) is 4.45. The summed E-state index contributed by atoms with van der Waals surface area (Å²) in [5.74, 6) is 0.608. The Kier molecular flexibility index (Phi) is 3.51. The number of rotatable bonds is 4. The summed E-state index contributed by atoms with van der Waals surface area (Å²) >= 11 is 0. The number of alkyl halides is 3. The van der Waals surface area contributed by atoms with Gasteiger partial charge < -0.3 is 10.3 Å². The predicted molar refractivity (Wildman–Crippen MR) is 45.7 cm³/mol. The molecule has 1 rings (SSSR count). The van der Waals surface area contributed by atoms with E-state index in [-0.39, 0.29) is 6.54 Å². The van der Waals surface area contributed by atoms with Crippen LogP contribution in [0.15, 0.2) is 12.4 Å². The zero-order valence-corrected chi connectivity index (χ0v) is 7.59. The summed E-state index contributed by atoms with van der Waals surface area (Å²) in [7, 11) is 0. The van der Waals surface area contributed by atoms with E-state index in [1.807, 2.05) is 0 Å². The van der Waals surface area contributed by atoms with Gasteiger partial charge in [-0.15, -0.1) is 0 Å². The number of hydrogen-bond acceptors (Lipinski definition) is 2. The van der Waals surface area contributed by atoms with Crippen LogP contribution in [0.2, 0.25) is 0 Å². The van der Waals surface area contributed by atoms with Gasteiger partial charge in [-0.05, 0) is 6.54 Å². The Morgan fingerprint density at radius 1 is 1.43 bits per heavy atom. The number of hydrogen-bond donors (Lipinski definition) is 1. The standard InChI is InChI=1S/C8H12F3N3/c9-8(10,11)2-5-14-6-4-13-7(14)1-3-12/h4,6H,1-3,5,12H2. The van der Waals surface area contributed by atoms with E-state index < -0.39 is 12.6 Å². The fraction of sp³-hybridized carbons (Fsp3) is 0.625. The number of aryl methyl sites for hydroxylation is 1.